The summed E-state index contributed by atoms with van der Waals surface area (Å²) in [6.45, 7) is 4.23. The van der Waals surface area contributed by atoms with Gasteiger partial charge in [-0.15, -0.1) is 0 Å². The van der Waals surface area contributed by atoms with Gasteiger partial charge in [0.1, 0.15) is 11.5 Å². The molecular formula is C13H20N2O3. The summed E-state index contributed by atoms with van der Waals surface area (Å²) in [5, 5.41) is 13.0. The highest BCUT2D eigenvalue weighted by Crippen LogP contribution is 2.23. The second kappa shape index (κ2) is 5.73. The largest absolute Gasteiger partial charge is 0.507 e. The number of carbonyl (C=O) groups excluding carboxylic acids is 1. The van der Waals surface area contributed by atoms with Gasteiger partial charge in [0, 0.05) is 30.1 Å². The maximum Gasteiger partial charge on any atom is 0.219 e. The van der Waals surface area contributed by atoms with Crippen molar-refractivity contribution in [2.45, 2.75) is 32.4 Å². The Morgan fingerprint density at radius 3 is 2.67 bits per heavy atom. The van der Waals surface area contributed by atoms with Gasteiger partial charge in [0.2, 0.25) is 5.91 Å². The molecule has 0 bridgehead atoms. The zero-order chi connectivity index (χ0) is 13.8. The van der Waals surface area contributed by atoms with E-state index in [1.807, 2.05) is 13.8 Å². The van der Waals surface area contributed by atoms with E-state index in [-0.39, 0.29) is 18.1 Å². The number of nitrogens with two attached hydrogens (primary N) is 1. The molecule has 0 aliphatic carbocycles. The summed E-state index contributed by atoms with van der Waals surface area (Å²) in [6, 6.07) is 5.11. The van der Waals surface area contributed by atoms with Crippen LogP contribution < -0.4 is 15.8 Å². The number of amides is 1. The first-order chi connectivity index (χ1) is 8.34. The highest BCUT2D eigenvalue weighted by atomic mass is 16.5. The number of phenolic OH excluding ortho intramolecular Hbond substituents is 1. The van der Waals surface area contributed by atoms with Crippen molar-refractivity contribution in [2.75, 3.05) is 7.11 Å². The number of aromatic hydroxyl groups is 1. The van der Waals surface area contributed by atoms with Gasteiger partial charge < -0.3 is 20.9 Å². The number of ether oxygens (including phenoxy) is 1. The number of benzene rings is 1. The van der Waals surface area contributed by atoms with E-state index in [1.165, 1.54) is 0 Å². The Hall–Kier alpha value is -1.75. The Kier molecular flexibility index (Phi) is 4.55. The van der Waals surface area contributed by atoms with E-state index in [1.54, 1.807) is 25.3 Å². The number of carbonyl (C=O) groups is 1. The Morgan fingerprint density at radius 2 is 2.17 bits per heavy atom. The van der Waals surface area contributed by atoms with Gasteiger partial charge in [-0.3, -0.25) is 4.79 Å². The Bertz CT molecular complexity index is 430. The van der Waals surface area contributed by atoms with E-state index in [0.29, 0.717) is 12.3 Å². The predicted octanol–water partition coefficient (Wildman–Crippen LogP) is 1.14. The van der Waals surface area contributed by atoms with Gasteiger partial charge in [-0.05, 0) is 19.9 Å². The highest BCUT2D eigenvalue weighted by Gasteiger charge is 2.20. The molecule has 1 aromatic rings. The van der Waals surface area contributed by atoms with Crippen molar-refractivity contribution in [3.8, 4) is 11.5 Å². The van der Waals surface area contributed by atoms with Crippen LogP contribution in [0.15, 0.2) is 18.2 Å². The van der Waals surface area contributed by atoms with Gasteiger partial charge >= 0.3 is 0 Å². The lowest BCUT2D eigenvalue weighted by atomic mass is 10.00. The van der Waals surface area contributed by atoms with Crippen molar-refractivity contribution in [3.63, 3.8) is 0 Å². The molecule has 18 heavy (non-hydrogen) atoms. The molecule has 1 amide bonds. The first kappa shape index (κ1) is 14.3. The molecule has 0 heterocycles. The van der Waals surface area contributed by atoms with E-state index >= 15 is 0 Å². The van der Waals surface area contributed by atoms with Crippen LogP contribution in [0.25, 0.3) is 0 Å². The first-order valence-electron chi connectivity index (χ1n) is 5.73. The summed E-state index contributed by atoms with van der Waals surface area (Å²) in [6.07, 6.45) is 0.240. The molecule has 0 atom stereocenters. The lowest BCUT2D eigenvalue weighted by molar-refractivity contribution is -0.119. The second-order valence-electron chi connectivity index (χ2n) is 4.88. The molecule has 100 valence electrons. The van der Waals surface area contributed by atoms with E-state index in [2.05, 4.69) is 5.32 Å². The molecular weight excluding hydrogens is 232 g/mol. The minimum Gasteiger partial charge on any atom is -0.507 e. The van der Waals surface area contributed by atoms with Crippen LogP contribution in [-0.4, -0.2) is 23.7 Å². The molecule has 0 fully saturated rings. The van der Waals surface area contributed by atoms with Gasteiger partial charge in [-0.1, -0.05) is 6.07 Å². The molecule has 0 aromatic heterocycles. The van der Waals surface area contributed by atoms with Crippen LogP contribution in [0.1, 0.15) is 25.8 Å². The maximum atomic E-state index is 10.9. The summed E-state index contributed by atoms with van der Waals surface area (Å²) in [5.41, 5.74) is 5.51. The maximum absolute atomic E-state index is 10.9. The number of hydrogen-bond donors (Lipinski definition) is 3. The van der Waals surface area contributed by atoms with Crippen LogP contribution in [0.2, 0.25) is 0 Å². The molecule has 0 radical (unpaired) electrons. The summed E-state index contributed by atoms with van der Waals surface area (Å²) in [5.74, 6) is 0.413. The van der Waals surface area contributed by atoms with E-state index in [4.69, 9.17) is 10.5 Å². The summed E-state index contributed by atoms with van der Waals surface area (Å²) >= 11 is 0. The van der Waals surface area contributed by atoms with Crippen molar-refractivity contribution >= 4 is 5.91 Å². The molecule has 0 saturated carbocycles. The van der Waals surface area contributed by atoms with Crippen LogP contribution >= 0.6 is 0 Å². The van der Waals surface area contributed by atoms with Crippen LogP contribution in [-0.2, 0) is 11.3 Å². The Labute approximate surface area is 107 Å². The average molecular weight is 252 g/mol. The first-order valence-corrected chi connectivity index (χ1v) is 5.73. The lowest BCUT2D eigenvalue weighted by Gasteiger charge is -2.25. The van der Waals surface area contributed by atoms with Crippen molar-refractivity contribution in [1.29, 1.82) is 0 Å². The Morgan fingerprint density at radius 1 is 1.50 bits per heavy atom. The van der Waals surface area contributed by atoms with Crippen molar-refractivity contribution in [2.24, 2.45) is 5.73 Å². The second-order valence-corrected chi connectivity index (χ2v) is 4.88. The third kappa shape index (κ3) is 4.25. The number of primary amides is 1. The number of nitrogens with one attached hydrogen (secondary N) is 1. The fourth-order valence-corrected chi connectivity index (χ4v) is 1.65. The number of rotatable bonds is 6. The number of hydrogen-bond acceptors (Lipinski definition) is 4. The summed E-state index contributed by atoms with van der Waals surface area (Å²) < 4.78 is 5.01. The smallest absolute Gasteiger partial charge is 0.219 e. The standard InChI is InChI=1S/C13H20N2O3/c1-13(2,7-12(14)17)15-8-9-4-5-10(18-3)6-11(9)16/h4-6,15-16H,7-8H2,1-3H3,(H2,14,17). The Balaban J connectivity index is 2.66. The van der Waals surface area contributed by atoms with Gasteiger partial charge in [-0.25, -0.2) is 0 Å². The number of methoxy groups -OCH3 is 1. The van der Waals surface area contributed by atoms with Crippen LogP contribution in [0, 0.1) is 0 Å². The molecule has 0 saturated heterocycles. The number of phenols is 1. The molecule has 1 aromatic carbocycles. The summed E-state index contributed by atoms with van der Waals surface area (Å²) in [4.78, 5) is 10.9. The third-order valence-corrected chi connectivity index (χ3v) is 2.67. The topological polar surface area (TPSA) is 84.6 Å². The summed E-state index contributed by atoms with van der Waals surface area (Å²) in [7, 11) is 1.54. The van der Waals surface area contributed by atoms with Crippen molar-refractivity contribution < 1.29 is 14.6 Å². The normalized spacial score (nSPS) is 11.3. The highest BCUT2D eigenvalue weighted by molar-refractivity contribution is 5.75. The van der Waals surface area contributed by atoms with Gasteiger partial charge in [0.05, 0.1) is 7.11 Å². The molecule has 1 rings (SSSR count). The molecule has 5 heteroatoms. The van der Waals surface area contributed by atoms with E-state index in [0.717, 1.165) is 5.56 Å². The van der Waals surface area contributed by atoms with Gasteiger partial charge in [-0.2, -0.15) is 0 Å². The quantitative estimate of drug-likeness (QED) is 0.709. The monoisotopic (exact) mass is 252 g/mol. The van der Waals surface area contributed by atoms with Crippen molar-refractivity contribution in [1.82, 2.24) is 5.32 Å². The molecule has 0 unspecified atom stereocenters. The molecule has 0 spiro atoms. The van der Waals surface area contributed by atoms with E-state index in [9.17, 15) is 9.90 Å². The molecule has 0 aliphatic rings. The van der Waals surface area contributed by atoms with E-state index < -0.39 is 5.54 Å². The zero-order valence-electron chi connectivity index (χ0n) is 11.0. The van der Waals surface area contributed by atoms with Gasteiger partial charge in [0.25, 0.3) is 0 Å². The third-order valence-electron chi connectivity index (χ3n) is 2.67. The van der Waals surface area contributed by atoms with Crippen LogP contribution in [0.5, 0.6) is 11.5 Å². The predicted molar refractivity (Wildman–Crippen MR) is 69.4 cm³/mol. The molecule has 5 nitrogen and oxygen atoms in total. The lowest BCUT2D eigenvalue weighted by Crippen LogP contribution is -2.42. The fraction of sp³-hybridized carbons (Fsp3) is 0.462. The van der Waals surface area contributed by atoms with Crippen molar-refractivity contribution in [3.05, 3.63) is 23.8 Å². The minimum absolute atomic E-state index is 0.164. The SMILES string of the molecule is COc1ccc(CNC(C)(C)CC(N)=O)c(O)c1. The molecule has 4 N–H and O–H groups in total. The van der Waals surface area contributed by atoms with Gasteiger partial charge in [0.15, 0.2) is 0 Å². The van der Waals surface area contributed by atoms with Crippen LogP contribution in [0.3, 0.4) is 0 Å². The average Bonchev–Trinajstić information content (AvgIpc) is 2.25. The fourth-order valence-electron chi connectivity index (χ4n) is 1.65. The minimum atomic E-state index is -0.405. The van der Waals surface area contributed by atoms with Crippen LogP contribution in [0.4, 0.5) is 0 Å². The zero-order valence-corrected chi connectivity index (χ0v) is 11.0. The molecule has 0 aliphatic heterocycles.